The number of rotatable bonds is 9. The maximum atomic E-state index is 10.5. The van der Waals surface area contributed by atoms with Crippen LogP contribution in [-0.4, -0.2) is 159 Å². The summed E-state index contributed by atoms with van der Waals surface area (Å²) in [6.45, 7) is 49.3. The zero-order valence-corrected chi connectivity index (χ0v) is 50.8. The summed E-state index contributed by atoms with van der Waals surface area (Å²) in [5.41, 5.74) is -0.431. The van der Waals surface area contributed by atoms with Gasteiger partial charge in [-0.2, -0.15) is 0 Å². The fraction of sp³-hybridized carbons (Fsp3) is 0.938. The van der Waals surface area contributed by atoms with Crippen LogP contribution in [0.25, 0.3) is 0 Å². The molecule has 5 heterocycles. The Balaban J connectivity index is -0.000000259. The lowest BCUT2D eigenvalue weighted by Crippen LogP contribution is -2.41. The average molecular weight is 1040 g/mol. The highest BCUT2D eigenvalue weighted by atomic mass is 17.0. The third-order valence-electron chi connectivity index (χ3n) is 12.9. The maximum Gasteiger partial charge on any atom is 0.488 e. The van der Waals surface area contributed by atoms with Gasteiger partial charge in [0.25, 0.3) is 0 Å². The number of nitrogens with one attached hydrogen (secondary N) is 1. The van der Waals surface area contributed by atoms with Crippen LogP contribution in [-0.2, 0) is 66.1 Å². The molecule has 5 saturated heterocycles. The highest BCUT2D eigenvalue weighted by Gasteiger charge is 2.64. The molecule has 24 heteroatoms. The summed E-state index contributed by atoms with van der Waals surface area (Å²) in [7, 11) is 4.00. The zero-order chi connectivity index (χ0) is 61.1. The van der Waals surface area contributed by atoms with Gasteiger partial charge in [0, 0.05) is 40.5 Å². The standard InChI is InChI=1S/C12H24B2O4.C9H17BO3.C7H15NO2.C6H13BO2.2C4H8O.C2H7NO.C2H6.CH5BO2.CH4O/c1-9(2)10(3,4)16-13(15-9)14-17-11(5,6)12(7,8)18-14;1-8(2)9(3,4)13-10(12-8)6-5-7-11;1-6(2)7(3,4)10-8(5)9-6;1-5(2)6(3,4)9-7-8-5;2*1-2-3-4-5;1-3-4-2;1-2;1-2(3)4;1-2/h1-8H3;7H,5-6H2,1-4H3;1-5H3;7H,1-4H3;2*4H,2-3H2,1H3;3H,1-2H3;1-2H3;3-4H,1H3;2H,1H3/i;7T;;;2*4T;;;;. The molecular formula is C48H107B5N2O17. The van der Waals surface area contributed by atoms with E-state index >= 15 is 0 Å². The summed E-state index contributed by atoms with van der Waals surface area (Å²) in [4.78, 5) is 44.9. The second-order valence-corrected chi connectivity index (χ2v) is 21.5. The second kappa shape index (κ2) is 35.9. The largest absolute Gasteiger partial charge is 0.488 e. The summed E-state index contributed by atoms with van der Waals surface area (Å²) in [6, 6.07) is 0. The molecule has 0 radical (unpaired) electrons. The van der Waals surface area contributed by atoms with E-state index in [0.29, 0.717) is 26.8 Å². The molecule has 5 fully saturated rings. The predicted octanol–water partition coefficient (Wildman–Crippen LogP) is 7.59. The van der Waals surface area contributed by atoms with Crippen molar-refractivity contribution in [3.05, 3.63) is 0 Å². The van der Waals surface area contributed by atoms with Crippen molar-refractivity contribution in [2.24, 2.45) is 0 Å². The molecule has 0 aromatic rings. The number of hydrogen-bond donors (Lipinski definition) is 4. The highest BCUT2D eigenvalue weighted by molar-refractivity contribution is 7.11. The molecule has 0 spiro atoms. The molecule has 5 aliphatic heterocycles. The van der Waals surface area contributed by atoms with Crippen molar-refractivity contribution in [2.45, 2.75) is 267 Å². The van der Waals surface area contributed by atoms with Crippen LogP contribution in [0.15, 0.2) is 0 Å². The van der Waals surface area contributed by atoms with Crippen molar-refractivity contribution in [3.8, 4) is 0 Å². The molecule has 0 unspecified atom stereocenters. The number of aliphatic hydroxyl groups excluding tert-OH is 1. The van der Waals surface area contributed by atoms with Gasteiger partial charge in [-0.15, -0.1) is 0 Å². The number of hydrogen-bond acceptors (Lipinski definition) is 19. The van der Waals surface area contributed by atoms with Gasteiger partial charge in [0.2, 0.25) is 0 Å². The van der Waals surface area contributed by atoms with Gasteiger partial charge in [0.15, 0.2) is 0 Å². The number of carbonyl (C=O) groups excluding carboxylic acids is 3. The summed E-state index contributed by atoms with van der Waals surface area (Å²) >= 11 is 0. The van der Waals surface area contributed by atoms with Gasteiger partial charge in [-0.05, 0) is 164 Å². The Morgan fingerprint density at radius 1 is 0.556 bits per heavy atom. The van der Waals surface area contributed by atoms with Gasteiger partial charge in [-0.25, -0.2) is 5.48 Å². The Kier molecular flexibility index (Phi) is 36.3. The Morgan fingerprint density at radius 3 is 0.931 bits per heavy atom. The molecule has 4 N–H and O–H groups in total. The topological polar surface area (TPSA) is 229 Å². The van der Waals surface area contributed by atoms with E-state index in [1.54, 1.807) is 21.2 Å². The Labute approximate surface area is 445 Å². The van der Waals surface area contributed by atoms with E-state index < -0.39 is 39.9 Å². The zero-order valence-electron chi connectivity index (χ0n) is 53.8. The number of nitrogens with zero attached hydrogens (tertiary/aromatic N) is 1. The summed E-state index contributed by atoms with van der Waals surface area (Å²) in [5, 5.41) is 23.6. The lowest BCUT2D eigenvalue weighted by Gasteiger charge is -2.32. The SMILES string of the molecule is CB(O)O.CC.CC1(C)OB(B2OC(C)(C)C(C)(C)O2)OC1(C)C.CC1(C)OBOC1(C)C.CN1OC(C)(C)C(C)(C)O1.CNOC.CO.[3H]C(=O)CCB1OC(C)(C)C(C)(C)O1.[3H]C(=O)CCC.[3H]C(=O)CCC. The average Bonchev–Trinajstić information content (AvgIpc) is 3.85. The van der Waals surface area contributed by atoms with Gasteiger partial charge in [-0.3, -0.25) is 9.68 Å². The Morgan fingerprint density at radius 2 is 0.792 bits per heavy atom. The van der Waals surface area contributed by atoms with E-state index in [1.807, 2.05) is 166 Å². The van der Waals surface area contributed by atoms with Gasteiger partial charge in [0.05, 0.1) is 51.9 Å². The monoisotopic (exact) mass is 1040 g/mol. The van der Waals surface area contributed by atoms with E-state index in [0.717, 1.165) is 20.0 Å². The van der Waals surface area contributed by atoms with Crippen LogP contribution in [0.5, 0.6) is 0 Å². The van der Waals surface area contributed by atoms with Crippen LogP contribution in [0, 0.1) is 0 Å². The smallest absolute Gasteiger partial charge is 0.427 e. The van der Waals surface area contributed by atoms with Crippen molar-refractivity contribution in [1.29, 1.82) is 0 Å². The molecular weight excluding hydrogens is 931 g/mol. The van der Waals surface area contributed by atoms with E-state index in [-0.39, 0.29) is 69.5 Å². The van der Waals surface area contributed by atoms with Crippen molar-refractivity contribution in [2.75, 3.05) is 28.3 Å². The Hall–Kier alpha value is -1.31. The minimum Gasteiger partial charge on any atom is -0.427 e. The molecule has 426 valence electrons. The third-order valence-corrected chi connectivity index (χ3v) is 12.9. The Bertz CT molecular complexity index is 1450. The van der Waals surface area contributed by atoms with Crippen molar-refractivity contribution < 1.29 is 85.4 Å². The van der Waals surface area contributed by atoms with Crippen LogP contribution < -0.4 is 5.48 Å². The first-order chi connectivity index (χ1) is 33.6. The molecule has 72 heavy (non-hydrogen) atoms. The van der Waals surface area contributed by atoms with Gasteiger partial charge < -0.3 is 71.6 Å². The quantitative estimate of drug-likeness (QED) is 0.0990. The molecule has 19 nitrogen and oxygen atoms in total. The first kappa shape index (κ1) is 72.8. The molecule has 0 bridgehead atoms. The molecule has 0 saturated carbocycles. The molecule has 0 atom stereocenters. The van der Waals surface area contributed by atoms with Gasteiger partial charge >= 0.3 is 35.9 Å². The van der Waals surface area contributed by atoms with Crippen molar-refractivity contribution in [1.82, 2.24) is 10.7 Å². The van der Waals surface area contributed by atoms with E-state index in [9.17, 15) is 14.4 Å². The minimum absolute atomic E-state index is 0.132. The van der Waals surface area contributed by atoms with Crippen molar-refractivity contribution >= 4 is 54.7 Å². The predicted molar refractivity (Wildman–Crippen MR) is 293 cm³/mol. The first-order valence-electron chi connectivity index (χ1n) is 26.6. The summed E-state index contributed by atoms with van der Waals surface area (Å²) in [6.07, 6.45) is 1.56. The molecule has 0 amide bonds. The summed E-state index contributed by atoms with van der Waals surface area (Å²) < 4.78 is 65.3. The number of aliphatic hydroxyl groups is 1. The highest BCUT2D eigenvalue weighted by Crippen LogP contribution is 2.43. The second-order valence-electron chi connectivity index (χ2n) is 21.5. The number of hydroxylamine groups is 3. The van der Waals surface area contributed by atoms with Crippen LogP contribution in [0.3, 0.4) is 0 Å². The molecule has 5 rings (SSSR count). The van der Waals surface area contributed by atoms with E-state index in [1.165, 1.54) is 12.0 Å². The lowest BCUT2D eigenvalue weighted by molar-refractivity contribution is -0.310. The van der Waals surface area contributed by atoms with Crippen LogP contribution in [0.1, 0.15) is 202 Å². The van der Waals surface area contributed by atoms with Gasteiger partial charge in [0.1, 0.15) is 34.1 Å². The molecule has 0 aromatic heterocycles. The number of carbonyl (C=O) groups is 3. The molecule has 5 aliphatic rings. The van der Waals surface area contributed by atoms with Gasteiger partial charge in [-0.1, -0.05) is 32.9 Å². The molecule has 0 aromatic carbocycles. The van der Waals surface area contributed by atoms with E-state index in [4.69, 9.17) is 66.2 Å². The first-order valence-corrected chi connectivity index (χ1v) is 25.1. The van der Waals surface area contributed by atoms with E-state index in [2.05, 4.69) is 10.3 Å². The third kappa shape index (κ3) is 28.7. The van der Waals surface area contributed by atoms with Crippen LogP contribution >= 0.6 is 0 Å². The van der Waals surface area contributed by atoms with Crippen LogP contribution in [0.4, 0.5) is 0 Å². The number of aldehydes is 3. The van der Waals surface area contributed by atoms with Crippen molar-refractivity contribution in [3.63, 3.8) is 0 Å². The lowest BCUT2D eigenvalue weighted by atomic mass is 9.49. The van der Waals surface area contributed by atoms with Crippen LogP contribution in [0.2, 0.25) is 13.1 Å². The molecule has 0 aliphatic carbocycles. The fourth-order valence-electron chi connectivity index (χ4n) is 5.02. The normalized spacial score (nSPS) is 23.1. The summed E-state index contributed by atoms with van der Waals surface area (Å²) in [5.74, 6) is 0. The minimum atomic E-state index is -1.17. The fourth-order valence-corrected chi connectivity index (χ4v) is 5.02. The maximum absolute atomic E-state index is 10.5.